The molecule has 0 aromatic carbocycles. The third-order valence-electron chi connectivity index (χ3n) is 5.62. The summed E-state index contributed by atoms with van der Waals surface area (Å²) in [6.45, 7) is 5.49. The van der Waals surface area contributed by atoms with Gasteiger partial charge in [-0.2, -0.15) is 0 Å². The van der Waals surface area contributed by atoms with Crippen LogP contribution in [0.4, 0.5) is 0 Å². The van der Waals surface area contributed by atoms with E-state index < -0.39 is 23.4 Å². The van der Waals surface area contributed by atoms with Gasteiger partial charge >= 0.3 is 5.97 Å². The summed E-state index contributed by atoms with van der Waals surface area (Å²) in [5.74, 6) is -0.535. The quantitative estimate of drug-likeness (QED) is 0.649. The van der Waals surface area contributed by atoms with Gasteiger partial charge in [-0.15, -0.1) is 0 Å². The number of rotatable bonds is 0. The highest BCUT2D eigenvalue weighted by molar-refractivity contribution is 5.75. The van der Waals surface area contributed by atoms with Crippen LogP contribution in [0.5, 0.6) is 0 Å². The maximum absolute atomic E-state index is 11.8. The molecule has 5 nitrogen and oxygen atoms in total. The summed E-state index contributed by atoms with van der Waals surface area (Å²) in [5, 5.41) is 21.3. The minimum Gasteiger partial charge on any atom is -0.459 e. The Hall–Kier alpha value is -0.650. The van der Waals surface area contributed by atoms with Gasteiger partial charge in [0, 0.05) is 5.92 Å². The first-order valence-electron chi connectivity index (χ1n) is 7.53. The summed E-state index contributed by atoms with van der Waals surface area (Å²) >= 11 is 0. The van der Waals surface area contributed by atoms with Crippen LogP contribution < -0.4 is 0 Å². The van der Waals surface area contributed by atoms with Gasteiger partial charge in [0.05, 0.1) is 23.2 Å². The Morgan fingerprint density at radius 3 is 2.65 bits per heavy atom. The van der Waals surface area contributed by atoms with Crippen LogP contribution >= 0.6 is 0 Å². The van der Waals surface area contributed by atoms with Gasteiger partial charge in [-0.25, -0.2) is 0 Å². The standard InChI is InChI=1S/C15H24O5/c1-8-9-4-6-14(2,18)10-5-7-15(3,20-10)12(16)11(9)19-13(8)17/h8-12,16,18H,4-7H2,1-3H3/t8-,9-,10+,11-,12+,14+,15-/m0/s1. The average molecular weight is 284 g/mol. The molecule has 3 heterocycles. The van der Waals surface area contributed by atoms with Crippen molar-refractivity contribution in [3.63, 3.8) is 0 Å². The zero-order valence-electron chi connectivity index (χ0n) is 12.3. The van der Waals surface area contributed by atoms with Crippen molar-refractivity contribution in [1.29, 1.82) is 0 Å². The zero-order valence-corrected chi connectivity index (χ0v) is 12.3. The average Bonchev–Trinajstić information content (AvgIpc) is 2.91. The van der Waals surface area contributed by atoms with Crippen LogP contribution in [0.3, 0.4) is 0 Å². The van der Waals surface area contributed by atoms with Gasteiger partial charge < -0.3 is 19.7 Å². The van der Waals surface area contributed by atoms with Gasteiger partial charge in [0.15, 0.2) is 0 Å². The van der Waals surface area contributed by atoms with Crippen molar-refractivity contribution in [3.8, 4) is 0 Å². The monoisotopic (exact) mass is 284 g/mol. The molecule has 3 fully saturated rings. The van der Waals surface area contributed by atoms with Gasteiger partial charge in [-0.1, -0.05) is 6.92 Å². The molecule has 5 heteroatoms. The topological polar surface area (TPSA) is 76.0 Å². The Kier molecular flexibility index (Phi) is 3.16. The van der Waals surface area contributed by atoms with Crippen molar-refractivity contribution in [3.05, 3.63) is 0 Å². The number of hydrogen-bond donors (Lipinski definition) is 2. The molecule has 3 saturated heterocycles. The van der Waals surface area contributed by atoms with E-state index in [2.05, 4.69) is 0 Å². The number of carbonyl (C=O) groups excluding carboxylic acids is 1. The molecule has 0 unspecified atom stereocenters. The fourth-order valence-electron chi connectivity index (χ4n) is 3.98. The predicted octanol–water partition coefficient (Wildman–Crippen LogP) is 1.01. The normalized spacial score (nSPS) is 55.6. The van der Waals surface area contributed by atoms with Crippen LogP contribution in [0.25, 0.3) is 0 Å². The second kappa shape index (κ2) is 4.42. The van der Waals surface area contributed by atoms with Crippen molar-refractivity contribution in [2.75, 3.05) is 0 Å². The molecule has 20 heavy (non-hydrogen) atoms. The van der Waals surface area contributed by atoms with Crippen LogP contribution in [0.2, 0.25) is 0 Å². The van der Waals surface area contributed by atoms with E-state index in [0.29, 0.717) is 19.3 Å². The molecule has 2 bridgehead atoms. The second-order valence-corrected chi connectivity index (χ2v) is 7.15. The molecule has 0 amide bonds. The van der Waals surface area contributed by atoms with Crippen molar-refractivity contribution < 1.29 is 24.5 Å². The van der Waals surface area contributed by atoms with Gasteiger partial charge in [0.25, 0.3) is 0 Å². The number of carbonyl (C=O) groups is 1. The number of ether oxygens (including phenoxy) is 2. The molecule has 3 aliphatic rings. The third kappa shape index (κ3) is 1.98. The van der Waals surface area contributed by atoms with E-state index in [-0.39, 0.29) is 23.9 Å². The van der Waals surface area contributed by atoms with Crippen LogP contribution in [0.1, 0.15) is 46.5 Å². The van der Waals surface area contributed by atoms with E-state index in [9.17, 15) is 15.0 Å². The summed E-state index contributed by atoms with van der Waals surface area (Å²) in [6, 6.07) is 0. The fraction of sp³-hybridized carbons (Fsp3) is 0.933. The van der Waals surface area contributed by atoms with Gasteiger partial charge in [0.2, 0.25) is 0 Å². The lowest BCUT2D eigenvalue weighted by Gasteiger charge is -2.35. The second-order valence-electron chi connectivity index (χ2n) is 7.15. The molecule has 0 aromatic rings. The van der Waals surface area contributed by atoms with Crippen molar-refractivity contribution in [2.24, 2.45) is 11.8 Å². The van der Waals surface area contributed by atoms with Crippen LogP contribution in [0.15, 0.2) is 0 Å². The minimum atomic E-state index is -0.919. The van der Waals surface area contributed by atoms with Gasteiger partial charge in [0.1, 0.15) is 12.2 Å². The number of fused-ring (bicyclic) bond motifs is 3. The first-order valence-corrected chi connectivity index (χ1v) is 7.53. The molecule has 0 aliphatic carbocycles. The molecule has 0 radical (unpaired) electrons. The van der Waals surface area contributed by atoms with Gasteiger partial charge in [-0.3, -0.25) is 4.79 Å². The van der Waals surface area contributed by atoms with E-state index in [1.807, 2.05) is 13.8 Å². The van der Waals surface area contributed by atoms with E-state index in [1.165, 1.54) is 0 Å². The Labute approximate surface area is 119 Å². The number of aliphatic hydroxyl groups is 2. The summed E-state index contributed by atoms with van der Waals surface area (Å²) < 4.78 is 11.4. The largest absolute Gasteiger partial charge is 0.459 e. The molecular weight excluding hydrogens is 260 g/mol. The molecule has 0 saturated carbocycles. The highest BCUT2D eigenvalue weighted by Gasteiger charge is 2.57. The maximum Gasteiger partial charge on any atom is 0.309 e. The Bertz CT molecular complexity index is 420. The number of hydrogen-bond acceptors (Lipinski definition) is 5. The minimum absolute atomic E-state index is 0.0521. The Morgan fingerprint density at radius 2 is 1.95 bits per heavy atom. The highest BCUT2D eigenvalue weighted by atomic mass is 16.6. The Balaban J connectivity index is 1.96. The maximum atomic E-state index is 11.8. The fourth-order valence-corrected chi connectivity index (χ4v) is 3.98. The molecule has 0 spiro atoms. The Morgan fingerprint density at radius 1 is 1.25 bits per heavy atom. The van der Waals surface area contributed by atoms with Crippen LogP contribution in [0, 0.1) is 11.8 Å². The lowest BCUT2D eigenvalue weighted by molar-refractivity contribution is -0.181. The number of aliphatic hydroxyl groups excluding tert-OH is 1. The zero-order chi connectivity index (χ0) is 14.7. The molecule has 114 valence electrons. The summed E-state index contributed by atoms with van der Waals surface area (Å²) in [5.41, 5.74) is -1.66. The number of esters is 1. The van der Waals surface area contributed by atoms with E-state index in [0.717, 1.165) is 6.42 Å². The SMILES string of the molecule is C[C@@H]1C(=O)O[C@H]2[C@H]1CC[C@@](C)(O)[C@H]1CC[C@](C)(O1)[C@@H]2O. The lowest BCUT2D eigenvalue weighted by atomic mass is 9.77. The van der Waals surface area contributed by atoms with Crippen molar-refractivity contribution in [2.45, 2.75) is 76.0 Å². The molecule has 7 atom stereocenters. The summed E-state index contributed by atoms with van der Waals surface area (Å²) in [4.78, 5) is 11.8. The molecular formula is C15H24O5. The first-order chi connectivity index (χ1) is 9.24. The molecule has 2 N–H and O–H groups in total. The third-order valence-corrected chi connectivity index (χ3v) is 5.62. The first kappa shape index (κ1) is 14.3. The van der Waals surface area contributed by atoms with Crippen molar-refractivity contribution >= 4 is 5.97 Å². The van der Waals surface area contributed by atoms with Crippen LogP contribution in [-0.4, -0.2) is 45.7 Å². The predicted molar refractivity (Wildman–Crippen MR) is 70.9 cm³/mol. The molecule has 3 aliphatic heterocycles. The molecule has 0 aromatic heterocycles. The van der Waals surface area contributed by atoms with E-state index >= 15 is 0 Å². The van der Waals surface area contributed by atoms with Gasteiger partial charge in [-0.05, 0) is 39.5 Å². The van der Waals surface area contributed by atoms with Crippen molar-refractivity contribution in [1.82, 2.24) is 0 Å². The smallest absolute Gasteiger partial charge is 0.309 e. The molecule has 3 rings (SSSR count). The highest BCUT2D eigenvalue weighted by Crippen LogP contribution is 2.46. The summed E-state index contributed by atoms with van der Waals surface area (Å²) in [6.07, 6.45) is 1.01. The van der Waals surface area contributed by atoms with Crippen LogP contribution in [-0.2, 0) is 14.3 Å². The lowest BCUT2D eigenvalue weighted by Crippen LogP contribution is -2.49. The van der Waals surface area contributed by atoms with E-state index in [4.69, 9.17) is 9.47 Å². The van der Waals surface area contributed by atoms with E-state index in [1.54, 1.807) is 6.92 Å². The summed E-state index contributed by atoms with van der Waals surface area (Å²) in [7, 11) is 0.